The van der Waals surface area contributed by atoms with Gasteiger partial charge >= 0.3 is 0 Å². The molecule has 1 aliphatic carbocycles. The Kier molecular flexibility index (Phi) is 7.46. The van der Waals surface area contributed by atoms with Gasteiger partial charge in [-0.1, -0.05) is 64.8 Å². The third kappa shape index (κ3) is 3.52. The molecule has 0 heterocycles. The van der Waals surface area contributed by atoms with Gasteiger partial charge in [0.2, 0.25) is 0 Å². The molecule has 0 spiro atoms. The van der Waals surface area contributed by atoms with Crippen molar-refractivity contribution in [2.75, 3.05) is 0 Å². The third-order valence-electron chi connectivity index (χ3n) is 3.53. The van der Waals surface area contributed by atoms with Gasteiger partial charge in [-0.2, -0.15) is 0 Å². The van der Waals surface area contributed by atoms with Crippen LogP contribution in [0.25, 0.3) is 0 Å². The van der Waals surface area contributed by atoms with Crippen LogP contribution in [0.3, 0.4) is 0 Å². The molecule has 0 bridgehead atoms. The van der Waals surface area contributed by atoms with Gasteiger partial charge in [-0.15, -0.1) is 0 Å². The summed E-state index contributed by atoms with van der Waals surface area (Å²) >= 11 is 0. The van der Waals surface area contributed by atoms with Crippen LogP contribution >= 0.6 is 0 Å². The molecule has 0 saturated carbocycles. The zero-order valence-electron chi connectivity index (χ0n) is 11.3. The molecule has 0 nitrogen and oxygen atoms in total. The lowest BCUT2D eigenvalue weighted by molar-refractivity contribution is 0.294. The largest absolute Gasteiger partial charge is 0.0804 e. The van der Waals surface area contributed by atoms with Gasteiger partial charge in [0.25, 0.3) is 0 Å². The molecule has 1 rings (SSSR count). The standard InChI is InChI=1S/C13H22.C2H6/c1-4-11-13(5-2,6-3)12-9-7-8-10-12;1-2/h7-9H,4-6,10-11H2,1-3H3;1-2H3. The van der Waals surface area contributed by atoms with E-state index in [0.29, 0.717) is 5.41 Å². The second-order valence-corrected chi connectivity index (χ2v) is 4.06. The van der Waals surface area contributed by atoms with Crippen molar-refractivity contribution in [1.29, 1.82) is 0 Å². The molecular formula is C15H28. The van der Waals surface area contributed by atoms with Gasteiger partial charge in [-0.3, -0.25) is 0 Å². The van der Waals surface area contributed by atoms with Gasteiger partial charge in [0.05, 0.1) is 0 Å². The fourth-order valence-corrected chi connectivity index (χ4v) is 2.54. The molecule has 0 atom stereocenters. The first-order chi connectivity index (χ1) is 7.29. The number of hydrogen-bond acceptors (Lipinski definition) is 0. The van der Waals surface area contributed by atoms with E-state index in [0.717, 1.165) is 0 Å². The minimum absolute atomic E-state index is 0.512. The molecule has 0 N–H and O–H groups in total. The minimum Gasteiger partial charge on any atom is -0.0804 e. The average molecular weight is 208 g/mol. The predicted octanol–water partition coefficient (Wildman–Crippen LogP) is 5.51. The summed E-state index contributed by atoms with van der Waals surface area (Å²) in [6.07, 6.45) is 13.3. The Morgan fingerprint density at radius 2 is 1.73 bits per heavy atom. The van der Waals surface area contributed by atoms with Crippen molar-refractivity contribution in [3.63, 3.8) is 0 Å². The summed E-state index contributed by atoms with van der Waals surface area (Å²) in [5.41, 5.74) is 2.18. The molecule has 88 valence electrons. The maximum absolute atomic E-state index is 2.34. The fraction of sp³-hybridized carbons (Fsp3) is 0.733. The van der Waals surface area contributed by atoms with E-state index in [-0.39, 0.29) is 0 Å². The molecule has 0 saturated heterocycles. The Morgan fingerprint density at radius 3 is 2.07 bits per heavy atom. The van der Waals surface area contributed by atoms with E-state index < -0.39 is 0 Å². The molecule has 0 fully saturated rings. The third-order valence-corrected chi connectivity index (χ3v) is 3.53. The van der Waals surface area contributed by atoms with E-state index >= 15 is 0 Å². The van der Waals surface area contributed by atoms with E-state index in [4.69, 9.17) is 0 Å². The summed E-state index contributed by atoms with van der Waals surface area (Å²) < 4.78 is 0. The second kappa shape index (κ2) is 7.73. The summed E-state index contributed by atoms with van der Waals surface area (Å²) in [5.74, 6) is 0. The summed E-state index contributed by atoms with van der Waals surface area (Å²) in [6, 6.07) is 0. The van der Waals surface area contributed by atoms with Crippen LogP contribution in [0.2, 0.25) is 0 Å². The lowest BCUT2D eigenvalue weighted by Crippen LogP contribution is -2.20. The van der Waals surface area contributed by atoms with E-state index in [1.165, 1.54) is 32.1 Å². The Labute approximate surface area is 96.5 Å². The summed E-state index contributed by atoms with van der Waals surface area (Å²) in [6.45, 7) is 11.0. The molecule has 0 aromatic heterocycles. The van der Waals surface area contributed by atoms with Crippen molar-refractivity contribution in [3.05, 3.63) is 23.8 Å². The van der Waals surface area contributed by atoms with Gasteiger partial charge in [-0.05, 0) is 31.1 Å². The molecule has 15 heavy (non-hydrogen) atoms. The van der Waals surface area contributed by atoms with Crippen molar-refractivity contribution in [3.8, 4) is 0 Å². The molecule has 0 aromatic carbocycles. The topological polar surface area (TPSA) is 0 Å². The van der Waals surface area contributed by atoms with Crippen LogP contribution in [0.1, 0.15) is 66.7 Å². The lowest BCUT2D eigenvalue weighted by atomic mass is 9.72. The molecular weight excluding hydrogens is 180 g/mol. The van der Waals surface area contributed by atoms with E-state index in [1.54, 1.807) is 5.57 Å². The van der Waals surface area contributed by atoms with Gasteiger partial charge in [0, 0.05) is 0 Å². The molecule has 0 aliphatic heterocycles. The zero-order valence-corrected chi connectivity index (χ0v) is 11.3. The van der Waals surface area contributed by atoms with Crippen LogP contribution in [-0.2, 0) is 0 Å². The first kappa shape index (κ1) is 14.5. The summed E-state index contributed by atoms with van der Waals surface area (Å²) in [4.78, 5) is 0. The molecule has 0 heteroatoms. The van der Waals surface area contributed by atoms with Crippen LogP contribution in [0.5, 0.6) is 0 Å². The van der Waals surface area contributed by atoms with Crippen molar-refractivity contribution >= 4 is 0 Å². The van der Waals surface area contributed by atoms with Crippen LogP contribution in [0.15, 0.2) is 23.8 Å². The maximum Gasteiger partial charge on any atom is -0.00872 e. The Bertz CT molecular complexity index is 204. The summed E-state index contributed by atoms with van der Waals surface area (Å²) in [7, 11) is 0. The SMILES string of the molecule is CC.CCCC(CC)(CC)C1=CC=CC1. The quantitative estimate of drug-likeness (QED) is 0.559. The molecule has 0 unspecified atom stereocenters. The number of rotatable bonds is 5. The predicted molar refractivity (Wildman–Crippen MR) is 71.1 cm³/mol. The van der Waals surface area contributed by atoms with Crippen LogP contribution in [0.4, 0.5) is 0 Å². The zero-order chi connectivity index (χ0) is 11.7. The van der Waals surface area contributed by atoms with Crippen molar-refractivity contribution in [1.82, 2.24) is 0 Å². The molecule has 0 radical (unpaired) electrons. The molecule has 0 amide bonds. The fourth-order valence-electron chi connectivity index (χ4n) is 2.54. The first-order valence-corrected chi connectivity index (χ1v) is 6.65. The van der Waals surface area contributed by atoms with Crippen molar-refractivity contribution in [2.24, 2.45) is 5.41 Å². The van der Waals surface area contributed by atoms with Crippen LogP contribution in [-0.4, -0.2) is 0 Å². The maximum atomic E-state index is 2.34. The van der Waals surface area contributed by atoms with Gasteiger partial charge in [-0.25, -0.2) is 0 Å². The van der Waals surface area contributed by atoms with Crippen LogP contribution < -0.4 is 0 Å². The van der Waals surface area contributed by atoms with Gasteiger partial charge in [0.15, 0.2) is 0 Å². The van der Waals surface area contributed by atoms with Gasteiger partial charge in [0.1, 0.15) is 0 Å². The lowest BCUT2D eigenvalue weighted by Gasteiger charge is -2.33. The Hall–Kier alpha value is -0.520. The smallest absolute Gasteiger partial charge is 0.00872 e. The highest BCUT2D eigenvalue weighted by molar-refractivity contribution is 5.28. The molecule has 1 aliphatic rings. The molecule has 0 aromatic rings. The van der Waals surface area contributed by atoms with Crippen molar-refractivity contribution in [2.45, 2.75) is 66.7 Å². The summed E-state index contributed by atoms with van der Waals surface area (Å²) in [5, 5.41) is 0. The van der Waals surface area contributed by atoms with E-state index in [2.05, 4.69) is 39.0 Å². The normalized spacial score (nSPS) is 14.6. The number of allylic oxidation sites excluding steroid dienone is 4. The highest BCUT2D eigenvalue weighted by atomic mass is 14.3. The van der Waals surface area contributed by atoms with E-state index in [1.807, 2.05) is 13.8 Å². The number of hydrogen-bond donors (Lipinski definition) is 0. The monoisotopic (exact) mass is 208 g/mol. The minimum atomic E-state index is 0.512. The second-order valence-electron chi connectivity index (χ2n) is 4.06. The Morgan fingerprint density at radius 1 is 1.13 bits per heavy atom. The Balaban J connectivity index is 0.000000921. The van der Waals surface area contributed by atoms with Crippen molar-refractivity contribution < 1.29 is 0 Å². The van der Waals surface area contributed by atoms with E-state index in [9.17, 15) is 0 Å². The highest BCUT2D eigenvalue weighted by Crippen LogP contribution is 2.42. The van der Waals surface area contributed by atoms with Gasteiger partial charge < -0.3 is 0 Å². The highest BCUT2D eigenvalue weighted by Gasteiger charge is 2.29. The average Bonchev–Trinajstić information content (AvgIpc) is 2.83. The van der Waals surface area contributed by atoms with Crippen LogP contribution in [0, 0.1) is 5.41 Å². The first-order valence-electron chi connectivity index (χ1n) is 6.65.